The van der Waals surface area contributed by atoms with Crippen LogP contribution in [-0.4, -0.2) is 121 Å². The number of hydrogen-bond acceptors (Lipinski definition) is 12. The lowest BCUT2D eigenvalue weighted by Crippen LogP contribution is -2.68. The van der Waals surface area contributed by atoms with Gasteiger partial charge < -0.3 is 61.7 Å². The molecule has 0 aromatic heterocycles. The standard InChI is InChI=1S/C21H41N5O7/c1-21(29)9-30-20(15(28)18(21)25-2)33-17-13(24)7-12(23)16(14(17)27)32-19-11(22)6-5-10(31-19)8-26(3)4/h5,11-20,25,27-29H,6-9,22-24H2,1-4H3/t11-,12+,13-,14+,15-,16-,17+,18-,19-,20-,21+/m1/s1. The molecule has 0 amide bonds. The first kappa shape index (κ1) is 26.7. The first-order valence-electron chi connectivity index (χ1n) is 11.4. The van der Waals surface area contributed by atoms with Crippen molar-refractivity contribution in [2.75, 3.05) is 34.3 Å². The molecule has 2 aliphatic heterocycles. The molecule has 0 bridgehead atoms. The van der Waals surface area contributed by atoms with E-state index in [2.05, 4.69) is 5.32 Å². The summed E-state index contributed by atoms with van der Waals surface area (Å²) in [5, 5.41) is 35.1. The van der Waals surface area contributed by atoms with Gasteiger partial charge in [0, 0.05) is 12.1 Å². The van der Waals surface area contributed by atoms with Crippen LogP contribution in [0.1, 0.15) is 19.8 Å². The fraction of sp³-hybridized carbons (Fsp3) is 0.905. The second-order valence-corrected chi connectivity index (χ2v) is 9.84. The lowest BCUT2D eigenvalue weighted by atomic mass is 9.84. The van der Waals surface area contributed by atoms with Gasteiger partial charge in [0.15, 0.2) is 6.29 Å². The SMILES string of the molecule is CN[C@@H]1[C@@H](O)[C@@H](O[C@@H]2[C@@H](O)[C@H](O[C@H]3OC(CN(C)C)=CC[C@H]3N)[C@@H](N)C[C@H]2N)OC[C@]1(C)O. The van der Waals surface area contributed by atoms with Crippen molar-refractivity contribution in [1.82, 2.24) is 10.2 Å². The van der Waals surface area contributed by atoms with Crippen molar-refractivity contribution < 1.29 is 34.3 Å². The molecule has 1 saturated carbocycles. The number of nitrogens with zero attached hydrogens (tertiary/aromatic N) is 1. The van der Waals surface area contributed by atoms with E-state index in [0.717, 1.165) is 5.76 Å². The Kier molecular flexibility index (Phi) is 8.73. The number of nitrogens with two attached hydrogens (primary N) is 3. The van der Waals surface area contributed by atoms with E-state index in [1.165, 1.54) is 0 Å². The van der Waals surface area contributed by atoms with Crippen LogP contribution in [0.2, 0.25) is 0 Å². The molecule has 12 heteroatoms. The molecule has 33 heavy (non-hydrogen) atoms. The third-order valence-corrected chi connectivity index (χ3v) is 6.49. The van der Waals surface area contributed by atoms with E-state index in [-0.39, 0.29) is 6.61 Å². The van der Waals surface area contributed by atoms with Crippen molar-refractivity contribution in [2.45, 2.75) is 86.5 Å². The predicted molar refractivity (Wildman–Crippen MR) is 120 cm³/mol. The first-order chi connectivity index (χ1) is 15.4. The highest BCUT2D eigenvalue weighted by Gasteiger charge is 2.50. The van der Waals surface area contributed by atoms with E-state index in [0.29, 0.717) is 19.4 Å². The van der Waals surface area contributed by atoms with Gasteiger partial charge in [-0.05, 0) is 47.0 Å². The topological polar surface area (TPSA) is 191 Å². The second-order valence-electron chi connectivity index (χ2n) is 9.84. The van der Waals surface area contributed by atoms with E-state index >= 15 is 0 Å². The van der Waals surface area contributed by atoms with Crippen molar-refractivity contribution in [3.63, 3.8) is 0 Å². The zero-order chi connectivity index (χ0) is 24.5. The van der Waals surface area contributed by atoms with Gasteiger partial charge in [0.1, 0.15) is 35.8 Å². The Bertz CT molecular complexity index is 681. The van der Waals surface area contributed by atoms with Crippen LogP contribution in [0.3, 0.4) is 0 Å². The number of likely N-dealkylation sites (N-methyl/N-ethyl adjacent to an activating group) is 2. The van der Waals surface area contributed by atoms with Crippen LogP contribution in [0.4, 0.5) is 0 Å². The molecule has 10 N–H and O–H groups in total. The van der Waals surface area contributed by atoms with Crippen LogP contribution in [0.5, 0.6) is 0 Å². The zero-order valence-electron chi connectivity index (χ0n) is 19.8. The fourth-order valence-electron chi connectivity index (χ4n) is 4.72. The highest BCUT2D eigenvalue weighted by Crippen LogP contribution is 2.31. The normalized spacial score (nSPS) is 46.7. The second kappa shape index (κ2) is 10.8. The van der Waals surface area contributed by atoms with Gasteiger partial charge >= 0.3 is 0 Å². The lowest BCUT2D eigenvalue weighted by molar-refractivity contribution is -0.303. The van der Waals surface area contributed by atoms with Gasteiger partial charge in [-0.1, -0.05) is 0 Å². The van der Waals surface area contributed by atoms with Gasteiger partial charge in [-0.25, -0.2) is 0 Å². The lowest BCUT2D eigenvalue weighted by Gasteiger charge is -2.48. The third-order valence-electron chi connectivity index (χ3n) is 6.49. The summed E-state index contributed by atoms with van der Waals surface area (Å²) >= 11 is 0. The average Bonchev–Trinajstić information content (AvgIpc) is 2.71. The number of nitrogens with one attached hydrogen (secondary N) is 1. The Hall–Kier alpha value is -0.900. The Morgan fingerprint density at radius 3 is 2.27 bits per heavy atom. The molecule has 0 aromatic carbocycles. The Morgan fingerprint density at radius 1 is 1.09 bits per heavy atom. The summed E-state index contributed by atoms with van der Waals surface area (Å²) in [6, 6.07) is -2.31. The van der Waals surface area contributed by atoms with Crippen LogP contribution in [0.25, 0.3) is 0 Å². The summed E-state index contributed by atoms with van der Waals surface area (Å²) < 4.78 is 23.5. The molecule has 11 atom stereocenters. The molecule has 2 fully saturated rings. The van der Waals surface area contributed by atoms with Gasteiger partial charge in [-0.15, -0.1) is 0 Å². The van der Waals surface area contributed by atoms with Crippen LogP contribution < -0.4 is 22.5 Å². The van der Waals surface area contributed by atoms with Crippen molar-refractivity contribution in [1.29, 1.82) is 0 Å². The van der Waals surface area contributed by atoms with E-state index < -0.39 is 66.8 Å². The van der Waals surface area contributed by atoms with Crippen LogP contribution in [0.15, 0.2) is 11.8 Å². The molecule has 1 saturated heterocycles. The highest BCUT2D eigenvalue weighted by atomic mass is 16.7. The molecule has 192 valence electrons. The first-order valence-corrected chi connectivity index (χ1v) is 11.4. The van der Waals surface area contributed by atoms with E-state index in [1.54, 1.807) is 14.0 Å². The zero-order valence-corrected chi connectivity index (χ0v) is 19.8. The smallest absolute Gasteiger partial charge is 0.215 e. The number of rotatable bonds is 7. The minimum Gasteiger partial charge on any atom is -0.467 e. The summed E-state index contributed by atoms with van der Waals surface area (Å²) in [5.41, 5.74) is 17.4. The van der Waals surface area contributed by atoms with Crippen LogP contribution in [0, 0.1) is 0 Å². The van der Waals surface area contributed by atoms with E-state index in [1.807, 2.05) is 25.1 Å². The molecular weight excluding hydrogens is 434 g/mol. The third kappa shape index (κ3) is 6.03. The summed E-state index contributed by atoms with van der Waals surface area (Å²) in [6.45, 7) is 2.09. The molecule has 2 heterocycles. The van der Waals surface area contributed by atoms with Crippen molar-refractivity contribution in [3.05, 3.63) is 11.8 Å². The molecule has 12 nitrogen and oxygen atoms in total. The summed E-state index contributed by atoms with van der Waals surface area (Å²) in [5.74, 6) is 0.735. The average molecular weight is 476 g/mol. The van der Waals surface area contributed by atoms with E-state index in [9.17, 15) is 15.3 Å². The molecular formula is C21H41N5O7. The van der Waals surface area contributed by atoms with Gasteiger partial charge in [0.05, 0.1) is 25.2 Å². The maximum absolute atomic E-state index is 11.1. The molecule has 3 rings (SSSR count). The minimum atomic E-state index is -1.29. The van der Waals surface area contributed by atoms with Gasteiger partial charge in [-0.3, -0.25) is 0 Å². The highest BCUT2D eigenvalue weighted by molar-refractivity contribution is 5.05. The quantitative estimate of drug-likeness (QED) is 0.195. The van der Waals surface area contributed by atoms with Gasteiger partial charge in [0.25, 0.3) is 0 Å². The number of aliphatic hydroxyl groups is 3. The van der Waals surface area contributed by atoms with Crippen molar-refractivity contribution in [3.8, 4) is 0 Å². The van der Waals surface area contributed by atoms with Crippen LogP contribution >= 0.6 is 0 Å². The molecule has 0 unspecified atom stereocenters. The number of ether oxygens (including phenoxy) is 4. The summed E-state index contributed by atoms with van der Waals surface area (Å²) in [7, 11) is 5.48. The monoisotopic (exact) mass is 475 g/mol. The van der Waals surface area contributed by atoms with Gasteiger partial charge in [-0.2, -0.15) is 0 Å². The Balaban J connectivity index is 1.68. The minimum absolute atomic E-state index is 0.0660. The van der Waals surface area contributed by atoms with E-state index in [4.69, 9.17) is 36.1 Å². The number of aliphatic hydroxyl groups excluding tert-OH is 2. The van der Waals surface area contributed by atoms with Crippen molar-refractivity contribution >= 4 is 0 Å². The largest absolute Gasteiger partial charge is 0.467 e. The Labute approximate surface area is 194 Å². The fourth-order valence-corrected chi connectivity index (χ4v) is 4.72. The summed E-state index contributed by atoms with van der Waals surface area (Å²) in [6.07, 6.45) is -3.27. The molecule has 0 radical (unpaired) electrons. The number of hydrogen-bond donors (Lipinski definition) is 7. The van der Waals surface area contributed by atoms with Gasteiger partial charge in [0.2, 0.25) is 6.29 Å². The molecule has 0 aromatic rings. The van der Waals surface area contributed by atoms with Crippen LogP contribution in [-0.2, 0) is 18.9 Å². The predicted octanol–water partition coefficient (Wildman–Crippen LogP) is -3.25. The maximum Gasteiger partial charge on any atom is 0.215 e. The maximum atomic E-state index is 11.1. The molecule has 0 spiro atoms. The summed E-state index contributed by atoms with van der Waals surface area (Å²) in [4.78, 5) is 1.97. The Morgan fingerprint density at radius 2 is 1.70 bits per heavy atom. The molecule has 1 aliphatic carbocycles. The van der Waals surface area contributed by atoms with Crippen molar-refractivity contribution in [2.24, 2.45) is 17.2 Å². The molecule has 3 aliphatic rings.